The summed E-state index contributed by atoms with van der Waals surface area (Å²) in [5.41, 5.74) is -1.52. The summed E-state index contributed by atoms with van der Waals surface area (Å²) >= 11 is 0. The average Bonchev–Trinajstić information content (AvgIpc) is 2.40. The number of hydrogen-bond acceptors (Lipinski definition) is 6. The molecule has 1 heterocycles. The van der Waals surface area contributed by atoms with Crippen LogP contribution in [0.2, 0.25) is 0 Å². The Labute approximate surface area is 110 Å². The lowest BCUT2D eigenvalue weighted by Crippen LogP contribution is -2.80. The zero-order chi connectivity index (χ0) is 14.0. The monoisotopic (exact) mass is 259 g/mol. The number of piperidine rings is 1. The highest BCUT2D eigenvalue weighted by atomic mass is 16.5. The van der Waals surface area contributed by atoms with Gasteiger partial charge in [0.05, 0.1) is 23.5 Å². The van der Waals surface area contributed by atoms with Crippen molar-refractivity contribution in [2.45, 2.75) is 56.6 Å². The fourth-order valence-corrected chi connectivity index (χ4v) is 3.27. The number of likely N-dealkylation sites (N-methyl/N-ethyl adjacent to an activating group) is 2. The zero-order valence-corrected chi connectivity index (χ0v) is 12.1. The summed E-state index contributed by atoms with van der Waals surface area (Å²) in [4.78, 5) is 0. The van der Waals surface area contributed by atoms with Crippen LogP contribution in [0.15, 0.2) is 0 Å². The summed E-state index contributed by atoms with van der Waals surface area (Å²) in [6.45, 7) is 3.92. The lowest BCUT2D eigenvalue weighted by molar-refractivity contribution is -0.131. The van der Waals surface area contributed by atoms with Crippen LogP contribution >= 0.6 is 0 Å². The highest BCUT2D eigenvalue weighted by Gasteiger charge is 2.52. The SMILES string of the molecule is CCC1(NC)CC(O)C(NC)C(CC)(NC)N1[O-]. The van der Waals surface area contributed by atoms with Crippen LogP contribution in [-0.4, -0.2) is 54.8 Å². The molecule has 0 aromatic carbocycles. The van der Waals surface area contributed by atoms with Crippen LogP contribution in [-0.2, 0) is 0 Å². The highest BCUT2D eigenvalue weighted by molar-refractivity contribution is 5.11. The fraction of sp³-hybridized carbons (Fsp3) is 1.00. The van der Waals surface area contributed by atoms with E-state index in [9.17, 15) is 10.3 Å². The van der Waals surface area contributed by atoms with Gasteiger partial charge in [0.1, 0.15) is 0 Å². The maximum atomic E-state index is 12.8. The highest BCUT2D eigenvalue weighted by Crippen LogP contribution is 2.38. The Morgan fingerprint density at radius 1 is 1.22 bits per heavy atom. The first-order valence-corrected chi connectivity index (χ1v) is 6.68. The lowest BCUT2D eigenvalue weighted by atomic mass is 9.79. The molecular weight excluding hydrogens is 232 g/mol. The number of hydrogen-bond donors (Lipinski definition) is 4. The maximum absolute atomic E-state index is 12.8. The van der Waals surface area contributed by atoms with Crippen LogP contribution in [0.3, 0.4) is 0 Å². The second-order valence-corrected chi connectivity index (χ2v) is 5.00. The van der Waals surface area contributed by atoms with Gasteiger partial charge in [-0.2, -0.15) is 0 Å². The number of rotatable bonds is 5. The summed E-state index contributed by atoms with van der Waals surface area (Å²) < 4.78 is 0. The molecule has 0 radical (unpaired) electrons. The Kier molecular flexibility index (Phi) is 5.11. The maximum Gasteiger partial charge on any atom is 0.0790 e. The quantitative estimate of drug-likeness (QED) is 0.547. The Balaban J connectivity index is 3.23. The van der Waals surface area contributed by atoms with E-state index in [2.05, 4.69) is 16.0 Å². The molecule has 1 aliphatic rings. The van der Waals surface area contributed by atoms with E-state index >= 15 is 0 Å². The molecule has 1 rings (SSSR count). The van der Waals surface area contributed by atoms with Crippen molar-refractivity contribution in [2.75, 3.05) is 21.1 Å². The van der Waals surface area contributed by atoms with Gasteiger partial charge in [0.2, 0.25) is 0 Å². The smallest absolute Gasteiger partial charge is 0.0790 e. The molecule has 18 heavy (non-hydrogen) atoms. The minimum Gasteiger partial charge on any atom is -0.783 e. The van der Waals surface area contributed by atoms with Gasteiger partial charge in [0, 0.05) is 6.42 Å². The van der Waals surface area contributed by atoms with Gasteiger partial charge >= 0.3 is 0 Å². The van der Waals surface area contributed by atoms with E-state index in [4.69, 9.17) is 0 Å². The predicted octanol–water partition coefficient (Wildman–Crippen LogP) is -0.210. The van der Waals surface area contributed by atoms with Gasteiger partial charge in [0.25, 0.3) is 0 Å². The molecule has 0 aromatic rings. The van der Waals surface area contributed by atoms with E-state index < -0.39 is 17.4 Å². The van der Waals surface area contributed by atoms with Gasteiger partial charge in [-0.1, -0.05) is 13.8 Å². The van der Waals surface area contributed by atoms with E-state index in [0.29, 0.717) is 19.3 Å². The van der Waals surface area contributed by atoms with Gasteiger partial charge in [-0.3, -0.25) is 0 Å². The number of aliphatic hydroxyl groups excluding tert-OH is 1. The summed E-state index contributed by atoms with van der Waals surface area (Å²) in [6.07, 6.45) is 1.10. The molecule has 6 nitrogen and oxygen atoms in total. The first kappa shape index (κ1) is 15.8. The molecule has 0 bridgehead atoms. The zero-order valence-electron chi connectivity index (χ0n) is 12.1. The third-order valence-electron chi connectivity index (χ3n) is 4.53. The van der Waals surface area contributed by atoms with Crippen molar-refractivity contribution in [2.24, 2.45) is 0 Å². The molecule has 4 atom stereocenters. The minimum absolute atomic E-state index is 0.293. The van der Waals surface area contributed by atoms with E-state index in [1.54, 1.807) is 21.1 Å². The Morgan fingerprint density at radius 2 is 1.83 bits per heavy atom. The van der Waals surface area contributed by atoms with Crippen LogP contribution in [0.1, 0.15) is 33.1 Å². The van der Waals surface area contributed by atoms with Crippen molar-refractivity contribution >= 4 is 0 Å². The van der Waals surface area contributed by atoms with Crippen LogP contribution in [0.25, 0.3) is 0 Å². The Morgan fingerprint density at radius 3 is 2.17 bits per heavy atom. The average molecular weight is 259 g/mol. The number of hydroxylamine groups is 2. The molecule has 6 heteroatoms. The van der Waals surface area contributed by atoms with E-state index in [1.165, 1.54) is 0 Å². The third-order valence-corrected chi connectivity index (χ3v) is 4.53. The molecule has 4 unspecified atom stereocenters. The number of aliphatic hydroxyl groups is 1. The lowest BCUT2D eigenvalue weighted by Gasteiger charge is -2.66. The summed E-state index contributed by atoms with van der Waals surface area (Å²) in [7, 11) is 5.32. The fourth-order valence-electron chi connectivity index (χ4n) is 3.27. The first-order chi connectivity index (χ1) is 8.47. The van der Waals surface area contributed by atoms with Crippen LogP contribution in [0.5, 0.6) is 0 Å². The van der Waals surface area contributed by atoms with Crippen molar-refractivity contribution in [3.8, 4) is 0 Å². The minimum atomic E-state index is -0.800. The molecule has 0 spiro atoms. The summed E-state index contributed by atoms with van der Waals surface area (Å²) in [5.74, 6) is 0. The molecular formula is C12H27N4O2-. The third kappa shape index (κ3) is 2.07. The second-order valence-electron chi connectivity index (χ2n) is 5.00. The van der Waals surface area contributed by atoms with Crippen molar-refractivity contribution in [3.63, 3.8) is 0 Å². The van der Waals surface area contributed by atoms with Gasteiger partial charge in [-0.05, 0) is 34.0 Å². The van der Waals surface area contributed by atoms with Crippen molar-refractivity contribution in [1.82, 2.24) is 21.0 Å². The van der Waals surface area contributed by atoms with Gasteiger partial charge in [0.15, 0.2) is 0 Å². The molecule has 0 aromatic heterocycles. The molecule has 1 saturated heterocycles. The van der Waals surface area contributed by atoms with E-state index in [0.717, 1.165) is 5.06 Å². The molecule has 108 valence electrons. The van der Waals surface area contributed by atoms with Gasteiger partial charge in [-0.15, -0.1) is 0 Å². The van der Waals surface area contributed by atoms with Crippen molar-refractivity contribution < 1.29 is 5.11 Å². The molecule has 0 saturated carbocycles. The Hall–Kier alpha value is -0.240. The molecule has 4 N–H and O–H groups in total. The number of nitrogens with zero attached hydrogens (tertiary/aromatic N) is 1. The molecule has 0 amide bonds. The van der Waals surface area contributed by atoms with Crippen LogP contribution in [0, 0.1) is 5.21 Å². The van der Waals surface area contributed by atoms with Gasteiger partial charge in [-0.25, -0.2) is 0 Å². The first-order valence-electron chi connectivity index (χ1n) is 6.68. The largest absolute Gasteiger partial charge is 0.783 e. The second kappa shape index (κ2) is 5.81. The normalized spacial score (nSPS) is 42.2. The summed E-state index contributed by atoms with van der Waals surface area (Å²) in [5, 5.41) is 33.6. The van der Waals surface area contributed by atoms with E-state index in [-0.39, 0.29) is 6.04 Å². The predicted molar refractivity (Wildman–Crippen MR) is 72.8 cm³/mol. The Bertz CT molecular complexity index is 267. The topological polar surface area (TPSA) is 82.6 Å². The molecule has 1 aliphatic heterocycles. The van der Waals surface area contributed by atoms with Crippen molar-refractivity contribution in [1.29, 1.82) is 0 Å². The van der Waals surface area contributed by atoms with E-state index in [1.807, 2.05) is 13.8 Å². The molecule has 0 aliphatic carbocycles. The van der Waals surface area contributed by atoms with Crippen LogP contribution in [0.4, 0.5) is 0 Å². The van der Waals surface area contributed by atoms with Crippen molar-refractivity contribution in [3.05, 3.63) is 5.21 Å². The standard InChI is InChI=1S/C12H27N4O2/c1-6-11(14-4)8-9(17)10(13-3)12(7-2,15-5)16(11)18/h9-10,13-15,17H,6-8H2,1-5H3/q-1. The van der Waals surface area contributed by atoms with Gasteiger partial charge < -0.3 is 31.3 Å². The molecule has 1 fully saturated rings. The number of nitrogens with one attached hydrogen (secondary N) is 3. The summed E-state index contributed by atoms with van der Waals surface area (Å²) in [6, 6.07) is -0.293. The van der Waals surface area contributed by atoms with Crippen LogP contribution < -0.4 is 16.0 Å².